The first-order valence-corrected chi connectivity index (χ1v) is 11.0. The Morgan fingerprint density at radius 1 is 0.964 bits per heavy atom. The van der Waals surface area contributed by atoms with E-state index in [0.717, 1.165) is 82.8 Å². The average Bonchev–Trinajstić information content (AvgIpc) is 3.05. The van der Waals surface area contributed by atoms with E-state index in [1.165, 1.54) is 0 Å². The Labute approximate surface area is 167 Å². The average molecular weight is 395 g/mol. The van der Waals surface area contributed by atoms with Gasteiger partial charge < -0.3 is 18.9 Å². The molecule has 0 bridgehead atoms. The van der Waals surface area contributed by atoms with Gasteiger partial charge in [-0.3, -0.25) is 9.59 Å². The molecule has 2 saturated heterocycles. The molecular formula is C22H34O6. The summed E-state index contributed by atoms with van der Waals surface area (Å²) in [7, 11) is 0. The van der Waals surface area contributed by atoms with Crippen LogP contribution in [0.1, 0.15) is 83.5 Å². The molecule has 6 nitrogen and oxygen atoms in total. The van der Waals surface area contributed by atoms with Gasteiger partial charge in [-0.25, -0.2) is 0 Å². The van der Waals surface area contributed by atoms with Gasteiger partial charge in [-0.2, -0.15) is 0 Å². The fourth-order valence-electron chi connectivity index (χ4n) is 3.96. The third-order valence-electron chi connectivity index (χ3n) is 5.57. The van der Waals surface area contributed by atoms with E-state index in [0.29, 0.717) is 19.4 Å². The lowest BCUT2D eigenvalue weighted by molar-refractivity contribution is -0.186. The van der Waals surface area contributed by atoms with E-state index in [9.17, 15) is 9.59 Å². The van der Waals surface area contributed by atoms with Crippen molar-refractivity contribution in [1.82, 2.24) is 0 Å². The second-order valence-corrected chi connectivity index (χ2v) is 7.99. The van der Waals surface area contributed by atoms with Gasteiger partial charge in [0.15, 0.2) is 12.1 Å². The zero-order valence-corrected chi connectivity index (χ0v) is 16.9. The van der Waals surface area contributed by atoms with Gasteiger partial charge in [-0.15, -0.1) is 0 Å². The van der Waals surface area contributed by atoms with Crippen LogP contribution in [0.5, 0.6) is 0 Å². The molecule has 0 spiro atoms. The molecule has 0 N–H and O–H groups in total. The van der Waals surface area contributed by atoms with Crippen molar-refractivity contribution >= 4 is 11.8 Å². The highest BCUT2D eigenvalue weighted by Gasteiger charge is 2.27. The van der Waals surface area contributed by atoms with Crippen LogP contribution in [0, 0.1) is 0 Å². The van der Waals surface area contributed by atoms with Gasteiger partial charge in [0, 0.05) is 25.9 Å². The molecule has 0 saturated carbocycles. The van der Waals surface area contributed by atoms with E-state index < -0.39 is 0 Å². The van der Waals surface area contributed by atoms with E-state index >= 15 is 0 Å². The highest BCUT2D eigenvalue weighted by Crippen LogP contribution is 2.26. The second kappa shape index (κ2) is 11.7. The summed E-state index contributed by atoms with van der Waals surface area (Å²) in [5, 5.41) is 0. The highest BCUT2D eigenvalue weighted by molar-refractivity contribution is 5.98. The number of rotatable bonds is 10. The molecule has 0 radical (unpaired) electrons. The van der Waals surface area contributed by atoms with E-state index in [1.807, 2.05) is 6.08 Å². The van der Waals surface area contributed by atoms with Crippen molar-refractivity contribution in [2.75, 3.05) is 13.2 Å². The third-order valence-corrected chi connectivity index (χ3v) is 5.57. The number of allylic oxidation sites excluding steroid dienone is 1. The maximum atomic E-state index is 12.2. The molecule has 6 heteroatoms. The van der Waals surface area contributed by atoms with Crippen molar-refractivity contribution in [3.63, 3.8) is 0 Å². The van der Waals surface area contributed by atoms with Gasteiger partial charge in [-0.1, -0.05) is 12.8 Å². The van der Waals surface area contributed by atoms with Gasteiger partial charge in [-0.05, 0) is 63.0 Å². The van der Waals surface area contributed by atoms with Crippen LogP contribution >= 0.6 is 0 Å². The van der Waals surface area contributed by atoms with Crippen LogP contribution in [0.25, 0.3) is 0 Å². The Kier molecular flexibility index (Phi) is 8.96. The first kappa shape index (κ1) is 21.5. The molecule has 0 aromatic rings. The maximum Gasteiger partial charge on any atom is 0.308 e. The predicted molar refractivity (Wildman–Crippen MR) is 104 cm³/mol. The van der Waals surface area contributed by atoms with Crippen LogP contribution in [0.4, 0.5) is 0 Å². The molecule has 28 heavy (non-hydrogen) atoms. The Balaban J connectivity index is 1.23. The monoisotopic (exact) mass is 394 g/mol. The summed E-state index contributed by atoms with van der Waals surface area (Å²) in [6, 6.07) is 0. The molecule has 158 valence electrons. The van der Waals surface area contributed by atoms with Crippen LogP contribution in [0.2, 0.25) is 0 Å². The number of ether oxygens (including phenoxy) is 4. The molecular weight excluding hydrogens is 360 g/mol. The summed E-state index contributed by atoms with van der Waals surface area (Å²) in [6.07, 6.45) is 12.9. The molecule has 3 aliphatic rings. The van der Waals surface area contributed by atoms with Crippen molar-refractivity contribution < 1.29 is 28.5 Å². The summed E-state index contributed by atoms with van der Waals surface area (Å²) in [4.78, 5) is 24.0. The Morgan fingerprint density at radius 2 is 1.68 bits per heavy atom. The van der Waals surface area contributed by atoms with E-state index in [1.54, 1.807) is 0 Å². The van der Waals surface area contributed by atoms with Gasteiger partial charge in [0.05, 0.1) is 12.7 Å². The standard InChI is InChI=1S/C22H34O6/c23-19-16-18(27-21-11-5-7-13-25-21)15-17(19)9-3-1-2-4-10-20(24)28-22-12-6-8-14-26-22/h15,18,21-22H,1-14,16H2/t18?,21-,22?/m1/s1. The van der Waals surface area contributed by atoms with Crippen LogP contribution in [0.15, 0.2) is 11.6 Å². The molecule has 0 amide bonds. The smallest absolute Gasteiger partial charge is 0.308 e. The second-order valence-electron chi connectivity index (χ2n) is 7.99. The molecule has 2 heterocycles. The Morgan fingerprint density at radius 3 is 2.39 bits per heavy atom. The molecule has 2 aliphatic heterocycles. The summed E-state index contributed by atoms with van der Waals surface area (Å²) in [5.74, 6) is 0.0439. The minimum atomic E-state index is -0.337. The Hall–Kier alpha value is -1.24. The number of carbonyl (C=O) groups is 2. The number of hydrogen-bond acceptors (Lipinski definition) is 6. The summed E-state index contributed by atoms with van der Waals surface area (Å²) in [5.41, 5.74) is 0.898. The molecule has 0 aromatic heterocycles. The van der Waals surface area contributed by atoms with E-state index in [-0.39, 0.29) is 30.4 Å². The summed E-state index contributed by atoms with van der Waals surface area (Å²) >= 11 is 0. The SMILES string of the molecule is O=C(CCCCCCC1=CC(O[C@@H]2CCCCO2)CC1=O)OC1CCCCO1. The molecule has 1 aliphatic carbocycles. The minimum absolute atomic E-state index is 0.123. The topological polar surface area (TPSA) is 71.1 Å². The summed E-state index contributed by atoms with van der Waals surface area (Å²) < 4.78 is 22.2. The van der Waals surface area contributed by atoms with Gasteiger partial charge in [0.25, 0.3) is 0 Å². The quantitative estimate of drug-likeness (QED) is 0.408. The van der Waals surface area contributed by atoms with Crippen molar-refractivity contribution in [1.29, 1.82) is 0 Å². The van der Waals surface area contributed by atoms with Gasteiger partial charge in [0.2, 0.25) is 6.29 Å². The maximum absolute atomic E-state index is 12.2. The zero-order chi connectivity index (χ0) is 19.6. The number of esters is 1. The molecule has 2 unspecified atom stereocenters. The number of carbonyl (C=O) groups excluding carboxylic acids is 2. The lowest BCUT2D eigenvalue weighted by atomic mass is 10.0. The Bertz CT molecular complexity index is 531. The fourth-order valence-corrected chi connectivity index (χ4v) is 3.96. The third kappa shape index (κ3) is 7.30. The highest BCUT2D eigenvalue weighted by atomic mass is 16.7. The van der Waals surface area contributed by atoms with Crippen molar-refractivity contribution in [3.05, 3.63) is 11.6 Å². The van der Waals surface area contributed by atoms with Crippen molar-refractivity contribution in [2.24, 2.45) is 0 Å². The van der Waals surface area contributed by atoms with E-state index in [4.69, 9.17) is 18.9 Å². The fraction of sp³-hybridized carbons (Fsp3) is 0.818. The zero-order valence-electron chi connectivity index (χ0n) is 16.9. The number of unbranched alkanes of at least 4 members (excludes halogenated alkanes) is 3. The van der Waals surface area contributed by atoms with Crippen LogP contribution < -0.4 is 0 Å². The molecule has 0 aromatic carbocycles. The lowest BCUT2D eigenvalue weighted by Gasteiger charge is -2.24. The van der Waals surface area contributed by atoms with E-state index in [2.05, 4.69) is 0 Å². The number of Topliss-reactive ketones (excluding diaryl/α,β-unsaturated/α-hetero) is 1. The number of hydrogen-bond donors (Lipinski definition) is 0. The van der Waals surface area contributed by atoms with Gasteiger partial charge in [0.1, 0.15) is 0 Å². The lowest BCUT2D eigenvalue weighted by Crippen LogP contribution is -2.26. The number of ketones is 1. The van der Waals surface area contributed by atoms with Crippen LogP contribution in [0.3, 0.4) is 0 Å². The van der Waals surface area contributed by atoms with Crippen molar-refractivity contribution in [3.8, 4) is 0 Å². The molecule has 3 atom stereocenters. The first-order chi connectivity index (χ1) is 13.7. The van der Waals surface area contributed by atoms with Crippen LogP contribution in [-0.4, -0.2) is 43.7 Å². The van der Waals surface area contributed by atoms with Crippen LogP contribution in [-0.2, 0) is 28.5 Å². The van der Waals surface area contributed by atoms with Crippen molar-refractivity contribution in [2.45, 2.75) is 102 Å². The minimum Gasteiger partial charge on any atom is -0.436 e. The first-order valence-electron chi connectivity index (χ1n) is 11.0. The van der Waals surface area contributed by atoms with Gasteiger partial charge >= 0.3 is 5.97 Å². The largest absolute Gasteiger partial charge is 0.436 e. The molecule has 2 fully saturated rings. The predicted octanol–water partition coefficient (Wildman–Crippen LogP) is 4.21. The summed E-state index contributed by atoms with van der Waals surface area (Å²) in [6.45, 7) is 1.44. The molecule has 3 rings (SSSR count). The normalized spacial score (nSPS) is 28.2.